The highest BCUT2D eigenvalue weighted by Gasteiger charge is 2.64. The lowest BCUT2D eigenvalue weighted by atomic mass is 9.92. The van der Waals surface area contributed by atoms with E-state index in [0.717, 1.165) is 19.2 Å². The number of carbonyl (C=O) groups excluding carboxylic acids is 2. The van der Waals surface area contributed by atoms with Crippen LogP contribution in [0, 0.1) is 0 Å². The van der Waals surface area contributed by atoms with Gasteiger partial charge in [-0.05, 0) is 27.7 Å². The Bertz CT molecular complexity index is 795. The van der Waals surface area contributed by atoms with Gasteiger partial charge in [-0.3, -0.25) is 0 Å². The lowest BCUT2D eigenvalue weighted by Gasteiger charge is -2.35. The van der Waals surface area contributed by atoms with E-state index in [-0.39, 0.29) is 12.3 Å². The zero-order valence-corrected chi connectivity index (χ0v) is 19.5. The van der Waals surface area contributed by atoms with E-state index in [4.69, 9.17) is 25.8 Å². The van der Waals surface area contributed by atoms with E-state index in [1.165, 1.54) is 25.1 Å². The molecular weight excluding hydrogens is 451 g/mol. The summed E-state index contributed by atoms with van der Waals surface area (Å²) in [6.45, 7) is 10.1. The number of carbonyl (C=O) groups is 2. The first-order chi connectivity index (χ1) is 14.7. The zero-order valence-electron chi connectivity index (χ0n) is 18.7. The maximum atomic E-state index is 14.1. The molecule has 0 aliphatic carbocycles. The summed E-state index contributed by atoms with van der Waals surface area (Å²) in [5, 5.41) is 2.47. The van der Waals surface area contributed by atoms with Gasteiger partial charge in [0.2, 0.25) is 0 Å². The van der Waals surface area contributed by atoms with Crippen LogP contribution in [0.2, 0.25) is 0 Å². The van der Waals surface area contributed by atoms with Crippen LogP contribution in [0.3, 0.4) is 0 Å². The quantitative estimate of drug-likeness (QED) is 0.303. The van der Waals surface area contributed by atoms with Crippen LogP contribution in [0.1, 0.15) is 39.7 Å². The third-order valence-electron chi connectivity index (χ3n) is 4.41. The fourth-order valence-electron chi connectivity index (χ4n) is 2.85. The Kier molecular flexibility index (Phi) is 9.59. The Balaban J connectivity index is 3.27. The number of methoxy groups -OCH3 is 1. The van der Waals surface area contributed by atoms with Crippen molar-refractivity contribution >= 4 is 23.7 Å². The van der Waals surface area contributed by atoms with Crippen molar-refractivity contribution in [3.8, 4) is 0 Å². The highest BCUT2D eigenvalue weighted by Crippen LogP contribution is 2.43. The molecular formula is C22H29ClF3NO5. The van der Waals surface area contributed by atoms with E-state index in [1.807, 2.05) is 0 Å². The van der Waals surface area contributed by atoms with Crippen molar-refractivity contribution in [3.05, 3.63) is 48.0 Å². The molecule has 3 atom stereocenters. The first kappa shape index (κ1) is 27.8. The highest BCUT2D eigenvalue weighted by molar-refractivity contribution is 6.19. The molecule has 0 heterocycles. The van der Waals surface area contributed by atoms with Gasteiger partial charge in [0, 0.05) is 25.0 Å². The third-order valence-corrected chi connectivity index (χ3v) is 4.79. The summed E-state index contributed by atoms with van der Waals surface area (Å²) in [4.78, 5) is 25.1. The topological polar surface area (TPSA) is 73.9 Å². The number of esters is 1. The molecule has 0 saturated heterocycles. The number of hydrogen-bond acceptors (Lipinski definition) is 5. The molecule has 32 heavy (non-hydrogen) atoms. The lowest BCUT2D eigenvalue weighted by Crippen LogP contribution is -2.54. The van der Waals surface area contributed by atoms with Gasteiger partial charge in [0.05, 0.1) is 6.04 Å². The van der Waals surface area contributed by atoms with Crippen LogP contribution in [0.25, 0.3) is 0 Å². The SMILES string of the molecule is C=C(CCl)C[C@H](OC(=O)[C@@](OC)(c1ccccc1)C(F)(F)F)[C@H](C)NC(=O)OC(C)(C)C. The Morgan fingerprint density at radius 1 is 1.16 bits per heavy atom. The molecule has 0 aromatic heterocycles. The standard InChI is InChI=1S/C22H29ClF3NO5/c1-14(13-23)12-17(15(2)27-19(29)32-20(3,4)5)31-18(28)21(30-6,22(24,25)26)16-10-8-7-9-11-16/h7-11,15,17H,1,12-13H2,2-6H3,(H,27,29)/t15-,17-,21-/m0/s1. The fraction of sp³-hybridized carbons (Fsp3) is 0.545. The van der Waals surface area contributed by atoms with Gasteiger partial charge in [0.25, 0.3) is 5.60 Å². The van der Waals surface area contributed by atoms with Gasteiger partial charge < -0.3 is 19.5 Å². The first-order valence-electron chi connectivity index (χ1n) is 9.78. The van der Waals surface area contributed by atoms with E-state index in [2.05, 4.69) is 11.9 Å². The predicted molar refractivity (Wildman–Crippen MR) is 114 cm³/mol. The van der Waals surface area contributed by atoms with Gasteiger partial charge in [-0.25, -0.2) is 9.59 Å². The van der Waals surface area contributed by atoms with Crippen molar-refractivity contribution in [2.24, 2.45) is 0 Å². The summed E-state index contributed by atoms with van der Waals surface area (Å²) in [5.41, 5.74) is -4.20. The van der Waals surface area contributed by atoms with Crippen LogP contribution in [0.5, 0.6) is 0 Å². The van der Waals surface area contributed by atoms with E-state index in [9.17, 15) is 22.8 Å². The first-order valence-corrected chi connectivity index (χ1v) is 10.3. The molecule has 10 heteroatoms. The minimum atomic E-state index is -5.13. The fourth-order valence-corrected chi connectivity index (χ4v) is 2.96. The summed E-state index contributed by atoms with van der Waals surface area (Å²) >= 11 is 5.76. The second-order valence-electron chi connectivity index (χ2n) is 8.22. The van der Waals surface area contributed by atoms with E-state index < -0.39 is 47.2 Å². The van der Waals surface area contributed by atoms with E-state index in [1.54, 1.807) is 20.8 Å². The zero-order chi connectivity index (χ0) is 24.7. The molecule has 6 nitrogen and oxygen atoms in total. The Labute approximate surface area is 191 Å². The molecule has 0 aliphatic heterocycles. The van der Waals surface area contributed by atoms with E-state index in [0.29, 0.717) is 5.57 Å². The summed E-state index contributed by atoms with van der Waals surface area (Å²) in [6.07, 6.45) is -7.25. The van der Waals surface area contributed by atoms with Crippen molar-refractivity contribution in [2.45, 2.75) is 63.6 Å². The summed E-state index contributed by atoms with van der Waals surface area (Å²) < 4.78 is 57.6. The maximum Gasteiger partial charge on any atom is 0.432 e. The maximum absolute atomic E-state index is 14.1. The van der Waals surface area contributed by atoms with Gasteiger partial charge in [-0.15, -0.1) is 11.6 Å². The largest absolute Gasteiger partial charge is 0.457 e. The lowest BCUT2D eigenvalue weighted by molar-refractivity contribution is -0.278. The molecule has 0 spiro atoms. The number of halogens is 4. The second kappa shape index (κ2) is 11.0. The minimum absolute atomic E-state index is 0.0133. The molecule has 0 fully saturated rings. The van der Waals surface area contributed by atoms with Gasteiger partial charge in [0.1, 0.15) is 11.7 Å². The number of nitrogens with one attached hydrogen (secondary N) is 1. The molecule has 1 aromatic carbocycles. The van der Waals surface area contributed by atoms with Crippen LogP contribution in [-0.2, 0) is 24.6 Å². The monoisotopic (exact) mass is 479 g/mol. The summed E-state index contributed by atoms with van der Waals surface area (Å²) in [5.74, 6) is -1.69. The smallest absolute Gasteiger partial charge is 0.432 e. The second-order valence-corrected chi connectivity index (χ2v) is 8.48. The average molecular weight is 480 g/mol. The molecule has 0 aliphatic rings. The molecule has 1 rings (SSSR count). The van der Waals surface area contributed by atoms with Crippen LogP contribution < -0.4 is 5.32 Å². The number of rotatable bonds is 9. The Hall–Kier alpha value is -2.26. The molecule has 0 saturated carbocycles. The summed E-state index contributed by atoms with van der Waals surface area (Å²) in [6, 6.07) is 5.52. The Morgan fingerprint density at radius 2 is 1.72 bits per heavy atom. The third kappa shape index (κ3) is 7.13. The van der Waals surface area contributed by atoms with Crippen LogP contribution >= 0.6 is 11.6 Å². The Morgan fingerprint density at radius 3 is 2.16 bits per heavy atom. The number of alkyl carbamates (subject to hydrolysis) is 1. The molecule has 1 N–H and O–H groups in total. The number of hydrogen-bond donors (Lipinski definition) is 1. The van der Waals surface area contributed by atoms with Gasteiger partial charge >= 0.3 is 18.2 Å². The van der Waals surface area contributed by atoms with Crippen LogP contribution in [0.15, 0.2) is 42.5 Å². The average Bonchev–Trinajstić information content (AvgIpc) is 2.66. The number of benzene rings is 1. The van der Waals surface area contributed by atoms with Gasteiger partial charge in [0.15, 0.2) is 0 Å². The normalized spacial score (nSPS) is 15.8. The van der Waals surface area contributed by atoms with Gasteiger partial charge in [-0.1, -0.05) is 42.5 Å². The highest BCUT2D eigenvalue weighted by atomic mass is 35.5. The molecule has 0 unspecified atom stereocenters. The summed E-state index contributed by atoms with van der Waals surface area (Å²) in [7, 11) is 0.775. The van der Waals surface area contributed by atoms with Crippen molar-refractivity contribution in [1.29, 1.82) is 0 Å². The number of alkyl halides is 4. The van der Waals surface area contributed by atoms with Crippen molar-refractivity contribution in [1.82, 2.24) is 5.32 Å². The molecule has 0 radical (unpaired) electrons. The van der Waals surface area contributed by atoms with Crippen molar-refractivity contribution in [2.75, 3.05) is 13.0 Å². The molecule has 0 bridgehead atoms. The minimum Gasteiger partial charge on any atom is -0.457 e. The number of ether oxygens (including phenoxy) is 3. The van der Waals surface area contributed by atoms with Crippen LogP contribution in [-0.4, -0.2) is 49.0 Å². The van der Waals surface area contributed by atoms with Crippen LogP contribution in [0.4, 0.5) is 18.0 Å². The predicted octanol–water partition coefficient (Wildman–Crippen LogP) is 5.10. The van der Waals surface area contributed by atoms with E-state index >= 15 is 0 Å². The molecule has 1 amide bonds. The van der Waals surface area contributed by atoms with Gasteiger partial charge in [-0.2, -0.15) is 13.2 Å². The number of amides is 1. The van der Waals surface area contributed by atoms with Crippen molar-refractivity contribution < 1.29 is 37.0 Å². The van der Waals surface area contributed by atoms with Crippen molar-refractivity contribution in [3.63, 3.8) is 0 Å². The molecule has 180 valence electrons. The molecule has 1 aromatic rings.